The summed E-state index contributed by atoms with van der Waals surface area (Å²) in [4.78, 5) is 0. The van der Waals surface area contributed by atoms with Gasteiger partial charge in [-0.3, -0.25) is 0 Å². The van der Waals surface area contributed by atoms with Crippen molar-refractivity contribution in [2.24, 2.45) is 5.92 Å². The lowest BCUT2D eigenvalue weighted by Gasteiger charge is -2.24. The van der Waals surface area contributed by atoms with Crippen LogP contribution in [-0.4, -0.2) is 32.5 Å². The standard InChI is InChI=1S/C17H27NO2S/c1-4-6-18-17(16-5-7-21(19,20)12-16)11-15-9-13(2)8-14(3)10-15/h8-10,16-18H,4-7,11-12H2,1-3H3. The molecular weight excluding hydrogens is 282 g/mol. The van der Waals surface area contributed by atoms with Crippen molar-refractivity contribution in [3.63, 3.8) is 0 Å². The third-order valence-electron chi connectivity index (χ3n) is 4.23. The van der Waals surface area contributed by atoms with Gasteiger partial charge in [0.1, 0.15) is 0 Å². The van der Waals surface area contributed by atoms with E-state index >= 15 is 0 Å². The van der Waals surface area contributed by atoms with Crippen LogP contribution in [0, 0.1) is 19.8 Å². The lowest BCUT2D eigenvalue weighted by Crippen LogP contribution is -2.39. The summed E-state index contributed by atoms with van der Waals surface area (Å²) < 4.78 is 23.5. The molecule has 2 unspecified atom stereocenters. The molecule has 1 aliphatic rings. The van der Waals surface area contributed by atoms with Crippen LogP contribution in [0.1, 0.15) is 36.5 Å². The number of nitrogens with one attached hydrogen (secondary N) is 1. The van der Waals surface area contributed by atoms with Crippen LogP contribution in [0.2, 0.25) is 0 Å². The van der Waals surface area contributed by atoms with Gasteiger partial charge < -0.3 is 5.32 Å². The largest absolute Gasteiger partial charge is 0.313 e. The molecule has 0 saturated carbocycles. The Kier molecular flexibility index (Phi) is 5.44. The van der Waals surface area contributed by atoms with Gasteiger partial charge >= 0.3 is 0 Å². The van der Waals surface area contributed by atoms with E-state index in [1.807, 2.05) is 0 Å². The van der Waals surface area contributed by atoms with Gasteiger partial charge in [0.05, 0.1) is 11.5 Å². The average Bonchev–Trinajstić information content (AvgIpc) is 2.73. The molecule has 0 aliphatic carbocycles. The van der Waals surface area contributed by atoms with Crippen LogP contribution in [-0.2, 0) is 16.3 Å². The van der Waals surface area contributed by atoms with Crippen molar-refractivity contribution < 1.29 is 8.42 Å². The predicted molar refractivity (Wildman–Crippen MR) is 88.5 cm³/mol. The van der Waals surface area contributed by atoms with E-state index in [4.69, 9.17) is 0 Å². The summed E-state index contributed by atoms with van der Waals surface area (Å²) in [6, 6.07) is 6.88. The summed E-state index contributed by atoms with van der Waals surface area (Å²) in [5.41, 5.74) is 3.86. The molecule has 1 fully saturated rings. The molecular formula is C17H27NO2S. The van der Waals surface area contributed by atoms with Crippen LogP contribution in [0.15, 0.2) is 18.2 Å². The lowest BCUT2D eigenvalue weighted by molar-refractivity contribution is 0.379. The molecule has 3 nitrogen and oxygen atoms in total. The summed E-state index contributed by atoms with van der Waals surface area (Å²) in [5.74, 6) is 0.955. The highest BCUT2D eigenvalue weighted by atomic mass is 32.2. The first kappa shape index (κ1) is 16.5. The molecule has 0 aromatic heterocycles. The molecule has 4 heteroatoms. The maximum absolute atomic E-state index is 11.8. The number of hydrogen-bond donors (Lipinski definition) is 1. The van der Waals surface area contributed by atoms with E-state index < -0.39 is 9.84 Å². The summed E-state index contributed by atoms with van der Waals surface area (Å²) >= 11 is 0. The van der Waals surface area contributed by atoms with Crippen molar-refractivity contribution in [3.8, 4) is 0 Å². The maximum Gasteiger partial charge on any atom is 0.150 e. The molecule has 1 aromatic carbocycles. The van der Waals surface area contributed by atoms with Gasteiger partial charge in [0, 0.05) is 6.04 Å². The first-order valence-electron chi connectivity index (χ1n) is 7.90. The van der Waals surface area contributed by atoms with Crippen LogP contribution >= 0.6 is 0 Å². The number of rotatable bonds is 6. The number of hydrogen-bond acceptors (Lipinski definition) is 3. The molecule has 0 spiro atoms. The SMILES string of the molecule is CCCNC(Cc1cc(C)cc(C)c1)C1CCS(=O)(=O)C1. The zero-order valence-electron chi connectivity index (χ0n) is 13.4. The second-order valence-electron chi connectivity index (χ2n) is 6.42. The Bertz CT molecular complexity index is 560. The minimum absolute atomic E-state index is 0.252. The van der Waals surface area contributed by atoms with Gasteiger partial charge in [0.2, 0.25) is 0 Å². The predicted octanol–water partition coefficient (Wildman–Crippen LogP) is 2.65. The highest BCUT2D eigenvalue weighted by Crippen LogP contribution is 2.24. The Morgan fingerprint density at radius 2 is 1.90 bits per heavy atom. The van der Waals surface area contributed by atoms with Crippen LogP contribution in [0.5, 0.6) is 0 Å². The van der Waals surface area contributed by atoms with Crippen molar-refractivity contribution in [2.45, 2.75) is 46.1 Å². The third kappa shape index (κ3) is 4.82. The van der Waals surface area contributed by atoms with Crippen molar-refractivity contribution >= 4 is 9.84 Å². The van der Waals surface area contributed by atoms with Gasteiger partial charge in [-0.15, -0.1) is 0 Å². The minimum Gasteiger partial charge on any atom is -0.313 e. The van der Waals surface area contributed by atoms with Crippen molar-refractivity contribution in [3.05, 3.63) is 34.9 Å². The Morgan fingerprint density at radius 3 is 2.43 bits per heavy atom. The summed E-state index contributed by atoms with van der Waals surface area (Å²) in [6.45, 7) is 7.33. The van der Waals surface area contributed by atoms with E-state index in [9.17, 15) is 8.42 Å². The van der Waals surface area contributed by atoms with Gasteiger partial charge in [-0.05, 0) is 51.1 Å². The molecule has 1 aromatic rings. The van der Waals surface area contributed by atoms with Crippen molar-refractivity contribution in [1.82, 2.24) is 5.32 Å². The Morgan fingerprint density at radius 1 is 1.24 bits per heavy atom. The highest BCUT2D eigenvalue weighted by molar-refractivity contribution is 7.91. The van der Waals surface area contributed by atoms with Gasteiger partial charge in [0.15, 0.2) is 9.84 Å². The second-order valence-corrected chi connectivity index (χ2v) is 8.65. The molecule has 2 rings (SSSR count). The van der Waals surface area contributed by atoms with E-state index in [0.717, 1.165) is 25.8 Å². The molecule has 2 atom stereocenters. The van der Waals surface area contributed by atoms with Gasteiger partial charge in [-0.2, -0.15) is 0 Å². The Balaban J connectivity index is 2.12. The summed E-state index contributed by atoms with van der Waals surface area (Å²) in [6.07, 6.45) is 2.79. The fourth-order valence-corrected chi connectivity index (χ4v) is 5.20. The second kappa shape index (κ2) is 6.93. The zero-order chi connectivity index (χ0) is 15.5. The number of sulfone groups is 1. The molecule has 1 saturated heterocycles. The normalized spacial score (nSPS) is 22.3. The summed E-state index contributed by atoms with van der Waals surface area (Å²) in [7, 11) is -2.81. The van der Waals surface area contributed by atoms with E-state index in [1.165, 1.54) is 16.7 Å². The quantitative estimate of drug-likeness (QED) is 0.879. The number of benzene rings is 1. The van der Waals surface area contributed by atoms with Gasteiger partial charge in [-0.25, -0.2) is 8.42 Å². The molecule has 118 valence electrons. The van der Waals surface area contributed by atoms with Crippen LogP contribution in [0.25, 0.3) is 0 Å². The molecule has 1 heterocycles. The smallest absolute Gasteiger partial charge is 0.150 e. The zero-order valence-corrected chi connectivity index (χ0v) is 14.2. The van der Waals surface area contributed by atoms with Gasteiger partial charge in [0.25, 0.3) is 0 Å². The van der Waals surface area contributed by atoms with E-state index in [1.54, 1.807) is 0 Å². The lowest BCUT2D eigenvalue weighted by atomic mass is 9.91. The van der Waals surface area contributed by atoms with E-state index in [0.29, 0.717) is 11.5 Å². The first-order chi connectivity index (χ1) is 9.89. The molecule has 0 bridgehead atoms. The molecule has 21 heavy (non-hydrogen) atoms. The fraction of sp³-hybridized carbons (Fsp3) is 0.647. The Labute approximate surface area is 129 Å². The third-order valence-corrected chi connectivity index (χ3v) is 6.02. The minimum atomic E-state index is -2.81. The molecule has 1 aliphatic heterocycles. The summed E-state index contributed by atoms with van der Waals surface area (Å²) in [5, 5.41) is 3.57. The van der Waals surface area contributed by atoms with Crippen molar-refractivity contribution in [1.29, 1.82) is 0 Å². The van der Waals surface area contributed by atoms with E-state index in [-0.39, 0.29) is 12.0 Å². The topological polar surface area (TPSA) is 46.2 Å². The molecule has 0 radical (unpaired) electrons. The van der Waals surface area contributed by atoms with Crippen LogP contribution in [0.4, 0.5) is 0 Å². The van der Waals surface area contributed by atoms with Gasteiger partial charge in [-0.1, -0.05) is 36.2 Å². The Hall–Kier alpha value is -0.870. The van der Waals surface area contributed by atoms with Crippen LogP contribution in [0.3, 0.4) is 0 Å². The highest BCUT2D eigenvalue weighted by Gasteiger charge is 2.33. The molecule has 0 amide bonds. The average molecular weight is 309 g/mol. The van der Waals surface area contributed by atoms with Crippen LogP contribution < -0.4 is 5.32 Å². The number of aryl methyl sites for hydroxylation is 2. The fourth-order valence-electron chi connectivity index (χ4n) is 3.32. The maximum atomic E-state index is 11.8. The van der Waals surface area contributed by atoms with Crippen molar-refractivity contribution in [2.75, 3.05) is 18.1 Å². The molecule has 1 N–H and O–H groups in total. The first-order valence-corrected chi connectivity index (χ1v) is 9.73. The van der Waals surface area contributed by atoms with E-state index in [2.05, 4.69) is 44.3 Å². The monoisotopic (exact) mass is 309 g/mol.